The molecule has 0 radical (unpaired) electrons. The van der Waals surface area contributed by atoms with E-state index in [1.807, 2.05) is 13.8 Å². The van der Waals surface area contributed by atoms with Crippen LogP contribution in [0.4, 0.5) is 0 Å². The Labute approximate surface area is 169 Å². The fourth-order valence-corrected chi connectivity index (χ4v) is 2.96. The average molecular weight is 405 g/mol. The third-order valence-electron chi connectivity index (χ3n) is 4.36. The lowest BCUT2D eigenvalue weighted by molar-refractivity contribution is -0.141. The van der Waals surface area contributed by atoms with Gasteiger partial charge in [-0.2, -0.15) is 0 Å². The number of hydrogen-bond acceptors (Lipinski definition) is 5. The summed E-state index contributed by atoms with van der Waals surface area (Å²) in [6.07, 6.45) is -0.112. The molecule has 0 fully saturated rings. The quantitative estimate of drug-likeness (QED) is 0.585. The van der Waals surface area contributed by atoms with Gasteiger partial charge in [-0.15, -0.1) is 0 Å². The number of fused-ring (bicyclic) bond motifs is 1. The van der Waals surface area contributed by atoms with E-state index >= 15 is 0 Å². The Balaban J connectivity index is 2.34. The maximum absolute atomic E-state index is 12.6. The fourth-order valence-electron chi connectivity index (χ4n) is 2.96. The van der Waals surface area contributed by atoms with E-state index in [2.05, 4.69) is 16.0 Å². The van der Waals surface area contributed by atoms with Gasteiger partial charge in [0.2, 0.25) is 11.8 Å². The van der Waals surface area contributed by atoms with E-state index in [0.29, 0.717) is 6.42 Å². The first-order valence-corrected chi connectivity index (χ1v) is 9.52. The molecule has 0 aliphatic carbocycles. The number of rotatable bonds is 3. The molecule has 1 aromatic carbocycles. The highest BCUT2D eigenvalue weighted by Crippen LogP contribution is 2.19. The second-order valence-corrected chi connectivity index (χ2v) is 7.53. The number of carbonyl (C=O) groups excluding carboxylic acids is 3. The summed E-state index contributed by atoms with van der Waals surface area (Å²) in [6.45, 7) is 5.67. The van der Waals surface area contributed by atoms with E-state index in [9.17, 15) is 24.3 Å². The molecule has 9 heteroatoms. The number of carboxylic acids is 1. The fraction of sp³-hybridized carbons (Fsp3) is 0.500. The number of hydrogen-bond donors (Lipinski definition) is 4. The van der Waals surface area contributed by atoms with E-state index in [-0.39, 0.29) is 35.8 Å². The van der Waals surface area contributed by atoms with Gasteiger partial charge in [0.05, 0.1) is 18.0 Å². The SMILES string of the molecule is CC(C)C[C@H]1NC(=O)C[C@@H](C(=O)O)NC(=O)c2ccccc2OC[C@@H](C)NC1=O. The standard InChI is InChI=1S/C20H27N3O6/c1-11(2)8-14-19(26)21-12(3)10-29-16-7-5-4-6-13(16)18(25)23-15(20(27)28)9-17(24)22-14/h4-7,11-12,14-15H,8-10H2,1-3H3,(H,21,26)(H,22,24)(H,23,25)(H,27,28)/t12-,14-,15+/m1/s1. The van der Waals surface area contributed by atoms with Gasteiger partial charge in [0, 0.05) is 0 Å². The summed E-state index contributed by atoms with van der Waals surface area (Å²) in [4.78, 5) is 49.2. The Kier molecular flexibility index (Phi) is 7.58. The summed E-state index contributed by atoms with van der Waals surface area (Å²) >= 11 is 0. The third-order valence-corrected chi connectivity index (χ3v) is 4.36. The number of aliphatic carboxylic acids is 1. The molecule has 0 aromatic heterocycles. The van der Waals surface area contributed by atoms with Gasteiger partial charge >= 0.3 is 5.97 Å². The summed E-state index contributed by atoms with van der Waals surface area (Å²) in [5.41, 5.74) is 0.146. The summed E-state index contributed by atoms with van der Waals surface area (Å²) < 4.78 is 5.69. The molecule has 4 N–H and O–H groups in total. The Morgan fingerprint density at radius 3 is 2.52 bits per heavy atom. The highest BCUT2D eigenvalue weighted by atomic mass is 16.5. The molecule has 0 saturated carbocycles. The molecule has 3 amide bonds. The van der Waals surface area contributed by atoms with Crippen molar-refractivity contribution in [3.05, 3.63) is 29.8 Å². The van der Waals surface area contributed by atoms with Crippen LogP contribution in [0.3, 0.4) is 0 Å². The zero-order valence-corrected chi connectivity index (χ0v) is 16.7. The summed E-state index contributed by atoms with van der Waals surface area (Å²) in [5, 5.41) is 17.2. The lowest BCUT2D eigenvalue weighted by atomic mass is 10.0. The van der Waals surface area contributed by atoms with Gasteiger partial charge in [-0.25, -0.2) is 4.79 Å². The molecule has 2 rings (SSSR count). The van der Waals surface area contributed by atoms with E-state index < -0.39 is 36.3 Å². The van der Waals surface area contributed by atoms with Crippen molar-refractivity contribution in [3.8, 4) is 5.75 Å². The van der Waals surface area contributed by atoms with Crippen molar-refractivity contribution in [3.63, 3.8) is 0 Å². The van der Waals surface area contributed by atoms with E-state index in [1.165, 1.54) is 6.07 Å². The van der Waals surface area contributed by atoms with Crippen LogP contribution in [-0.2, 0) is 14.4 Å². The van der Waals surface area contributed by atoms with Crippen LogP contribution in [0.2, 0.25) is 0 Å². The first kappa shape index (κ1) is 22.2. The molecule has 1 heterocycles. The number of carbonyl (C=O) groups is 4. The Morgan fingerprint density at radius 1 is 1.17 bits per heavy atom. The van der Waals surface area contributed by atoms with Crippen LogP contribution in [0.25, 0.3) is 0 Å². The minimum Gasteiger partial charge on any atom is -0.491 e. The minimum atomic E-state index is -1.44. The number of amides is 3. The molecule has 1 aromatic rings. The van der Waals surface area contributed by atoms with E-state index in [4.69, 9.17) is 4.74 Å². The van der Waals surface area contributed by atoms with Gasteiger partial charge < -0.3 is 25.8 Å². The maximum atomic E-state index is 12.6. The maximum Gasteiger partial charge on any atom is 0.326 e. The molecule has 158 valence electrons. The lowest BCUT2D eigenvalue weighted by Gasteiger charge is -2.25. The van der Waals surface area contributed by atoms with Crippen LogP contribution in [0.15, 0.2) is 24.3 Å². The number of para-hydroxylation sites is 1. The number of ether oxygens (including phenoxy) is 1. The van der Waals surface area contributed by atoms with Crippen LogP contribution in [0.5, 0.6) is 5.75 Å². The first-order chi connectivity index (χ1) is 13.7. The van der Waals surface area contributed by atoms with Gasteiger partial charge in [-0.1, -0.05) is 26.0 Å². The zero-order valence-electron chi connectivity index (χ0n) is 16.7. The molecule has 0 bridgehead atoms. The molecule has 1 aliphatic heterocycles. The van der Waals surface area contributed by atoms with E-state index in [1.54, 1.807) is 25.1 Å². The number of nitrogens with one attached hydrogen (secondary N) is 3. The number of benzene rings is 1. The van der Waals surface area contributed by atoms with E-state index in [0.717, 1.165) is 0 Å². The Hall–Kier alpha value is -3.10. The van der Waals surface area contributed by atoms with Gasteiger partial charge in [0.1, 0.15) is 24.4 Å². The van der Waals surface area contributed by atoms with Crippen molar-refractivity contribution in [2.75, 3.05) is 6.61 Å². The summed E-state index contributed by atoms with van der Waals surface area (Å²) in [7, 11) is 0. The third kappa shape index (κ3) is 6.48. The van der Waals surface area contributed by atoms with Gasteiger partial charge in [0.25, 0.3) is 5.91 Å². The highest BCUT2D eigenvalue weighted by Gasteiger charge is 2.29. The van der Waals surface area contributed by atoms with Crippen molar-refractivity contribution in [2.45, 2.75) is 51.7 Å². The number of carboxylic acid groups (broad SMARTS) is 1. The summed E-state index contributed by atoms with van der Waals surface area (Å²) in [5.74, 6) is -2.63. The molecule has 3 atom stereocenters. The molecule has 9 nitrogen and oxygen atoms in total. The highest BCUT2D eigenvalue weighted by molar-refractivity contribution is 6.00. The van der Waals surface area contributed by atoms with Crippen LogP contribution >= 0.6 is 0 Å². The van der Waals surface area contributed by atoms with Crippen LogP contribution in [-0.4, -0.2) is 53.5 Å². The molecule has 1 aliphatic rings. The molecular weight excluding hydrogens is 378 g/mol. The first-order valence-electron chi connectivity index (χ1n) is 9.52. The summed E-state index contributed by atoms with van der Waals surface area (Å²) in [6, 6.07) is 3.75. The normalized spacial score (nSPS) is 23.7. The van der Waals surface area contributed by atoms with Crippen molar-refractivity contribution in [1.82, 2.24) is 16.0 Å². The Morgan fingerprint density at radius 2 is 1.86 bits per heavy atom. The Bertz CT molecular complexity index is 779. The van der Waals surface area contributed by atoms with Crippen LogP contribution in [0.1, 0.15) is 44.0 Å². The van der Waals surface area contributed by atoms with Crippen LogP contribution in [0, 0.1) is 5.92 Å². The van der Waals surface area contributed by atoms with Crippen molar-refractivity contribution in [2.24, 2.45) is 5.92 Å². The van der Waals surface area contributed by atoms with Gasteiger partial charge in [-0.05, 0) is 31.4 Å². The van der Waals surface area contributed by atoms with Gasteiger partial charge in [0.15, 0.2) is 0 Å². The van der Waals surface area contributed by atoms with Crippen molar-refractivity contribution < 1.29 is 29.0 Å². The molecular formula is C20H27N3O6. The predicted molar refractivity (Wildman–Crippen MR) is 104 cm³/mol. The smallest absolute Gasteiger partial charge is 0.326 e. The minimum absolute atomic E-state index is 0.0980. The van der Waals surface area contributed by atoms with Crippen LogP contribution < -0.4 is 20.7 Å². The molecule has 0 saturated heterocycles. The zero-order chi connectivity index (χ0) is 21.6. The predicted octanol–water partition coefficient (Wildman–Crippen LogP) is 0.688. The molecule has 0 unspecified atom stereocenters. The second-order valence-electron chi connectivity index (χ2n) is 7.53. The lowest BCUT2D eigenvalue weighted by Crippen LogP contribution is -2.52. The van der Waals surface area contributed by atoms with Crippen molar-refractivity contribution in [1.29, 1.82) is 0 Å². The van der Waals surface area contributed by atoms with Crippen molar-refractivity contribution >= 4 is 23.7 Å². The van der Waals surface area contributed by atoms with Gasteiger partial charge in [-0.3, -0.25) is 14.4 Å². The second kappa shape index (κ2) is 9.90. The average Bonchev–Trinajstić information content (AvgIpc) is 2.64. The topological polar surface area (TPSA) is 134 Å². The monoisotopic (exact) mass is 405 g/mol. The molecule has 0 spiro atoms. The largest absolute Gasteiger partial charge is 0.491 e. The molecule has 29 heavy (non-hydrogen) atoms.